The first-order valence-corrected chi connectivity index (χ1v) is 9.39. The third-order valence-corrected chi connectivity index (χ3v) is 5.36. The minimum atomic E-state index is 0.223. The van der Waals surface area contributed by atoms with Crippen molar-refractivity contribution in [3.8, 4) is 5.75 Å². The number of aromatic amines is 1. The summed E-state index contributed by atoms with van der Waals surface area (Å²) in [4.78, 5) is 2.22. The highest BCUT2D eigenvalue weighted by Gasteiger charge is 2.23. The van der Waals surface area contributed by atoms with Crippen molar-refractivity contribution in [2.75, 3.05) is 0 Å². The summed E-state index contributed by atoms with van der Waals surface area (Å²) in [6.07, 6.45) is 1.98. The second-order valence-electron chi connectivity index (χ2n) is 7.41. The molecule has 0 saturated carbocycles. The van der Waals surface area contributed by atoms with Crippen molar-refractivity contribution >= 4 is 22.2 Å². The summed E-state index contributed by atoms with van der Waals surface area (Å²) in [5, 5.41) is 19.0. The molecule has 0 bridgehead atoms. The maximum absolute atomic E-state index is 10.6. The molecule has 4 nitrogen and oxygen atoms in total. The molecule has 3 aromatic rings. The van der Waals surface area contributed by atoms with Crippen LogP contribution in [0.15, 0.2) is 43.5 Å². The van der Waals surface area contributed by atoms with E-state index in [1.54, 1.807) is 6.07 Å². The van der Waals surface area contributed by atoms with E-state index in [9.17, 15) is 5.11 Å². The molecule has 2 N–H and O–H groups in total. The molecule has 0 radical (unpaired) electrons. The predicted molar refractivity (Wildman–Crippen MR) is 111 cm³/mol. The number of benzene rings is 2. The number of allylic oxidation sites excluding steroid dienone is 1. The number of aryl methyl sites for hydroxylation is 1. The number of nitrogens with one attached hydrogen (secondary N) is 1. The first-order chi connectivity index (χ1) is 13.0. The smallest absolute Gasteiger partial charge is 0.127 e. The van der Waals surface area contributed by atoms with Gasteiger partial charge in [-0.1, -0.05) is 44.2 Å². The third kappa shape index (κ3) is 3.01. The Balaban J connectivity index is 1.66. The molecule has 0 saturated heterocycles. The highest BCUT2D eigenvalue weighted by atomic mass is 16.3. The molecule has 0 spiro atoms. The molecule has 27 heavy (non-hydrogen) atoms. The summed E-state index contributed by atoms with van der Waals surface area (Å²) in [6, 6.07) is 10.3. The molecule has 1 aliphatic heterocycles. The summed E-state index contributed by atoms with van der Waals surface area (Å²) >= 11 is 0. The molecule has 0 atom stereocenters. The lowest BCUT2D eigenvalue weighted by Crippen LogP contribution is -2.14. The minimum absolute atomic E-state index is 0.223. The average Bonchev–Trinajstić information content (AvgIpc) is 3.24. The number of phenolic OH excluding ortho intramolecular Hbond substituents is 1. The summed E-state index contributed by atoms with van der Waals surface area (Å²) in [6.45, 7) is 14.1. The van der Waals surface area contributed by atoms with Gasteiger partial charge in [0, 0.05) is 41.5 Å². The van der Waals surface area contributed by atoms with Crippen LogP contribution in [0.2, 0.25) is 0 Å². The van der Waals surface area contributed by atoms with E-state index in [2.05, 4.69) is 53.4 Å². The van der Waals surface area contributed by atoms with Gasteiger partial charge in [-0.2, -0.15) is 5.10 Å². The lowest BCUT2D eigenvalue weighted by atomic mass is 10.0. The molecular formula is C23H25N3O. The Hall–Kier alpha value is -3.01. The Bertz CT molecular complexity index is 1060. The van der Waals surface area contributed by atoms with Crippen molar-refractivity contribution in [2.45, 2.75) is 39.8 Å². The van der Waals surface area contributed by atoms with Crippen LogP contribution in [-0.2, 0) is 19.5 Å². The van der Waals surface area contributed by atoms with Crippen LogP contribution >= 0.6 is 0 Å². The maximum atomic E-state index is 10.6. The zero-order valence-electron chi connectivity index (χ0n) is 16.0. The number of fused-ring (bicyclic) bond motifs is 2. The molecule has 138 valence electrons. The van der Waals surface area contributed by atoms with E-state index in [1.165, 1.54) is 16.7 Å². The highest BCUT2D eigenvalue weighted by molar-refractivity contribution is 5.88. The van der Waals surface area contributed by atoms with Crippen LogP contribution < -0.4 is 0 Å². The van der Waals surface area contributed by atoms with Gasteiger partial charge in [0.05, 0.1) is 5.52 Å². The summed E-state index contributed by atoms with van der Waals surface area (Å²) in [5.74, 6) is 0.223. The Morgan fingerprint density at radius 3 is 2.70 bits per heavy atom. The van der Waals surface area contributed by atoms with E-state index in [-0.39, 0.29) is 5.75 Å². The van der Waals surface area contributed by atoms with Gasteiger partial charge >= 0.3 is 0 Å². The largest absolute Gasteiger partial charge is 0.507 e. The summed E-state index contributed by atoms with van der Waals surface area (Å²) in [5.41, 5.74) is 8.36. The normalized spacial score (nSPS) is 13.2. The SMILES string of the molecule is C=C(C)c1ccc2c(c1)CN(C(=C)c1cc3c(CCC)[nH]nc3cc1O)C2. The highest BCUT2D eigenvalue weighted by Crippen LogP contribution is 2.36. The molecule has 0 aliphatic carbocycles. The fourth-order valence-electron chi connectivity index (χ4n) is 3.79. The zero-order valence-corrected chi connectivity index (χ0v) is 16.0. The van der Waals surface area contributed by atoms with Crippen molar-refractivity contribution < 1.29 is 5.11 Å². The Kier molecular flexibility index (Phi) is 4.27. The van der Waals surface area contributed by atoms with E-state index >= 15 is 0 Å². The fourth-order valence-corrected chi connectivity index (χ4v) is 3.79. The number of phenols is 1. The molecule has 2 aromatic carbocycles. The van der Waals surface area contributed by atoms with Crippen LogP contribution in [0.25, 0.3) is 22.2 Å². The van der Waals surface area contributed by atoms with Gasteiger partial charge in [-0.15, -0.1) is 0 Å². The van der Waals surface area contributed by atoms with Crippen LogP contribution in [-0.4, -0.2) is 20.2 Å². The molecule has 0 unspecified atom stereocenters. The number of aromatic nitrogens is 2. The number of hydrogen-bond donors (Lipinski definition) is 2. The van der Waals surface area contributed by atoms with E-state index in [4.69, 9.17) is 0 Å². The first-order valence-electron chi connectivity index (χ1n) is 9.39. The topological polar surface area (TPSA) is 52.2 Å². The monoisotopic (exact) mass is 359 g/mol. The molecule has 2 heterocycles. The van der Waals surface area contributed by atoms with Crippen LogP contribution in [0, 0.1) is 0 Å². The first kappa shape index (κ1) is 17.4. The van der Waals surface area contributed by atoms with Crippen molar-refractivity contribution in [3.05, 3.63) is 71.4 Å². The third-order valence-electron chi connectivity index (χ3n) is 5.36. The van der Waals surface area contributed by atoms with E-state index in [0.29, 0.717) is 0 Å². The predicted octanol–water partition coefficient (Wildman–Crippen LogP) is 5.24. The number of rotatable bonds is 5. The van der Waals surface area contributed by atoms with E-state index < -0.39 is 0 Å². The molecular weight excluding hydrogens is 334 g/mol. The molecule has 4 rings (SSSR count). The van der Waals surface area contributed by atoms with Gasteiger partial charge in [0.2, 0.25) is 0 Å². The zero-order chi connectivity index (χ0) is 19.1. The average molecular weight is 359 g/mol. The molecule has 4 heteroatoms. The standard InChI is InChI=1S/C23H25N3O/c1-5-6-21-20-10-19(23(27)11-22(20)25-24-21)15(4)26-12-17-8-7-16(14(2)3)9-18(17)13-26/h7-11,27H,2,4-6,12-13H2,1,3H3,(H,24,25). The quantitative estimate of drug-likeness (QED) is 0.655. The van der Waals surface area contributed by atoms with Crippen molar-refractivity contribution in [1.82, 2.24) is 15.1 Å². The lowest BCUT2D eigenvalue weighted by molar-refractivity contribution is 0.417. The van der Waals surface area contributed by atoms with Gasteiger partial charge in [0.1, 0.15) is 5.75 Å². The molecule has 1 aliphatic rings. The Morgan fingerprint density at radius 2 is 1.96 bits per heavy atom. The van der Waals surface area contributed by atoms with Gasteiger partial charge in [-0.05, 0) is 42.2 Å². The Labute approximate surface area is 159 Å². The van der Waals surface area contributed by atoms with Crippen LogP contribution in [0.4, 0.5) is 0 Å². The lowest BCUT2D eigenvalue weighted by Gasteiger charge is -2.21. The number of hydrogen-bond acceptors (Lipinski definition) is 3. The van der Waals surface area contributed by atoms with Crippen LogP contribution in [0.1, 0.15) is 48.2 Å². The van der Waals surface area contributed by atoms with Gasteiger partial charge in [-0.25, -0.2) is 0 Å². The van der Waals surface area contributed by atoms with Crippen LogP contribution in [0.5, 0.6) is 5.75 Å². The van der Waals surface area contributed by atoms with Crippen molar-refractivity contribution in [1.29, 1.82) is 0 Å². The van der Waals surface area contributed by atoms with Crippen molar-refractivity contribution in [3.63, 3.8) is 0 Å². The summed E-state index contributed by atoms with van der Waals surface area (Å²) in [7, 11) is 0. The van der Waals surface area contributed by atoms with E-state index in [0.717, 1.165) is 59.4 Å². The fraction of sp³-hybridized carbons (Fsp3) is 0.261. The van der Waals surface area contributed by atoms with Gasteiger partial charge in [0.15, 0.2) is 0 Å². The van der Waals surface area contributed by atoms with Gasteiger partial charge in [0.25, 0.3) is 0 Å². The maximum Gasteiger partial charge on any atom is 0.127 e. The van der Waals surface area contributed by atoms with Crippen LogP contribution in [0.3, 0.4) is 0 Å². The van der Waals surface area contributed by atoms with Crippen molar-refractivity contribution in [2.24, 2.45) is 0 Å². The minimum Gasteiger partial charge on any atom is -0.507 e. The van der Waals surface area contributed by atoms with Gasteiger partial charge in [-0.3, -0.25) is 5.10 Å². The van der Waals surface area contributed by atoms with Gasteiger partial charge < -0.3 is 10.0 Å². The number of nitrogens with zero attached hydrogens (tertiary/aromatic N) is 2. The summed E-state index contributed by atoms with van der Waals surface area (Å²) < 4.78 is 0. The molecule has 0 fully saturated rings. The second kappa shape index (κ2) is 6.62. The Morgan fingerprint density at radius 1 is 1.19 bits per heavy atom. The number of H-pyrrole nitrogens is 1. The second-order valence-corrected chi connectivity index (χ2v) is 7.41. The number of aromatic hydroxyl groups is 1. The molecule has 0 amide bonds. The van der Waals surface area contributed by atoms with E-state index in [1.807, 2.05) is 13.0 Å². The molecule has 1 aromatic heterocycles.